The summed E-state index contributed by atoms with van der Waals surface area (Å²) in [6, 6.07) is 7.04. The van der Waals surface area contributed by atoms with Crippen molar-refractivity contribution in [1.82, 2.24) is 5.01 Å². The number of carboxylic acid groups (broad SMARTS) is 1. The van der Waals surface area contributed by atoms with Crippen LogP contribution in [-0.4, -0.2) is 34.5 Å². The maximum Gasteiger partial charge on any atom is 0.335 e. The van der Waals surface area contributed by atoms with E-state index in [0.29, 0.717) is 6.42 Å². The number of nitrogens with zero attached hydrogens (tertiary/aromatic N) is 2. The predicted octanol–water partition coefficient (Wildman–Crippen LogP) is 4.29. The zero-order valence-corrected chi connectivity index (χ0v) is 15.2. The zero-order valence-electron chi connectivity index (χ0n) is 15.2. The van der Waals surface area contributed by atoms with Crippen LogP contribution in [-0.2, 0) is 4.79 Å². The number of aliphatic carboxylic acids is 1. The molecule has 2 N–H and O–H groups in total. The van der Waals surface area contributed by atoms with Gasteiger partial charge in [0.1, 0.15) is 5.75 Å². The fraction of sp³-hybridized carbons (Fsp3) is 0.300. The van der Waals surface area contributed by atoms with E-state index < -0.39 is 5.97 Å². The Hall–Kier alpha value is -2.82. The van der Waals surface area contributed by atoms with Gasteiger partial charge in [0, 0.05) is 19.2 Å². The molecule has 0 saturated heterocycles. The number of hydrogen-bond acceptors (Lipinski definition) is 4. The molecule has 0 saturated carbocycles. The molecule has 134 valence electrons. The number of aromatic hydroxyl groups is 1. The molecule has 0 fully saturated rings. The molecule has 1 atom stereocenters. The lowest BCUT2D eigenvalue weighted by molar-refractivity contribution is -0.132. The van der Waals surface area contributed by atoms with Crippen molar-refractivity contribution in [2.24, 2.45) is 5.10 Å². The molecule has 5 heteroatoms. The van der Waals surface area contributed by atoms with E-state index in [0.717, 1.165) is 11.3 Å². The maximum absolute atomic E-state index is 11.1. The quantitative estimate of drug-likeness (QED) is 0.618. The van der Waals surface area contributed by atoms with Crippen molar-refractivity contribution >= 4 is 12.2 Å². The van der Waals surface area contributed by atoms with Gasteiger partial charge in [-0.05, 0) is 30.2 Å². The van der Waals surface area contributed by atoms with Gasteiger partial charge in [-0.3, -0.25) is 5.01 Å². The van der Waals surface area contributed by atoms with Crippen LogP contribution in [0.15, 0.2) is 64.9 Å². The summed E-state index contributed by atoms with van der Waals surface area (Å²) in [6.45, 7) is 5.98. The topological polar surface area (TPSA) is 73.1 Å². The Morgan fingerprint density at radius 3 is 2.72 bits per heavy atom. The van der Waals surface area contributed by atoms with Crippen molar-refractivity contribution < 1.29 is 15.0 Å². The van der Waals surface area contributed by atoms with Crippen LogP contribution in [0.4, 0.5) is 0 Å². The third kappa shape index (κ3) is 6.30. The minimum absolute atomic E-state index is 0.0250. The maximum atomic E-state index is 11.1. The van der Waals surface area contributed by atoms with Crippen molar-refractivity contribution in [2.45, 2.75) is 33.1 Å². The third-order valence-corrected chi connectivity index (χ3v) is 3.54. The molecule has 0 spiro atoms. The van der Waals surface area contributed by atoms with E-state index in [9.17, 15) is 9.90 Å². The van der Waals surface area contributed by atoms with Gasteiger partial charge in [0.05, 0.1) is 11.3 Å². The largest absolute Gasteiger partial charge is 0.508 e. The van der Waals surface area contributed by atoms with E-state index in [2.05, 4.69) is 5.10 Å². The first-order valence-electron chi connectivity index (χ1n) is 8.36. The van der Waals surface area contributed by atoms with Gasteiger partial charge in [-0.1, -0.05) is 51.1 Å². The van der Waals surface area contributed by atoms with Crippen molar-refractivity contribution in [1.29, 1.82) is 0 Å². The number of carboxylic acids is 1. The fourth-order valence-electron chi connectivity index (χ4n) is 2.17. The molecule has 25 heavy (non-hydrogen) atoms. The Bertz CT molecular complexity index is 703. The Labute approximate surface area is 149 Å². The number of carbonyl (C=O) groups is 1. The lowest BCUT2D eigenvalue weighted by Gasteiger charge is -2.15. The van der Waals surface area contributed by atoms with Crippen LogP contribution >= 0.6 is 0 Å². The SMILES string of the molecule is CC.CC(/C=N\N(C)C1=CCC=CC(C(=O)O)=C1)c1cccc(O)c1. The zero-order chi connectivity index (χ0) is 18.8. The minimum atomic E-state index is -0.959. The Balaban J connectivity index is 0.00000151. The standard InChI is InChI=1S/C18H20N2O3.C2H6/c1-13(14-7-5-9-17(21)11-14)12-19-20(2)16-8-4-3-6-15(10-16)18(22)23;1-2/h3,5-13,21H,4H2,1-2H3,(H,22,23);1-2H3/b19-12-;. The highest BCUT2D eigenvalue weighted by molar-refractivity contribution is 5.90. The number of phenolic OH excluding ortho intramolecular Hbond substituents is 1. The minimum Gasteiger partial charge on any atom is -0.508 e. The molecule has 0 bridgehead atoms. The second kappa shape index (κ2) is 10.1. The van der Waals surface area contributed by atoms with Gasteiger partial charge in [-0.25, -0.2) is 4.79 Å². The summed E-state index contributed by atoms with van der Waals surface area (Å²) in [5.41, 5.74) is 1.92. The summed E-state index contributed by atoms with van der Waals surface area (Å²) < 4.78 is 0. The summed E-state index contributed by atoms with van der Waals surface area (Å²) in [7, 11) is 1.78. The van der Waals surface area contributed by atoms with Crippen molar-refractivity contribution in [3.8, 4) is 5.75 Å². The van der Waals surface area contributed by atoms with E-state index in [-0.39, 0.29) is 17.2 Å². The van der Waals surface area contributed by atoms with Crippen LogP contribution in [0, 0.1) is 0 Å². The van der Waals surface area contributed by atoms with Crippen molar-refractivity contribution in [2.75, 3.05) is 7.05 Å². The highest BCUT2D eigenvalue weighted by atomic mass is 16.4. The van der Waals surface area contributed by atoms with Gasteiger partial charge in [0.25, 0.3) is 0 Å². The average molecular weight is 342 g/mol. The molecule has 1 aromatic rings. The summed E-state index contributed by atoms with van der Waals surface area (Å²) in [5, 5.41) is 24.7. The smallest absolute Gasteiger partial charge is 0.335 e. The van der Waals surface area contributed by atoms with Crippen LogP contribution < -0.4 is 0 Å². The molecule has 1 aliphatic rings. The summed E-state index contributed by atoms with van der Waals surface area (Å²) in [4.78, 5) is 11.1. The van der Waals surface area contributed by atoms with Crippen LogP contribution in [0.5, 0.6) is 5.75 Å². The molecule has 2 rings (SSSR count). The molecule has 0 heterocycles. The first-order chi connectivity index (χ1) is 12.0. The Morgan fingerprint density at radius 2 is 2.08 bits per heavy atom. The molecule has 0 amide bonds. The van der Waals surface area contributed by atoms with Crippen LogP contribution in [0.3, 0.4) is 0 Å². The van der Waals surface area contributed by atoms with E-state index in [1.165, 1.54) is 0 Å². The molecule has 1 unspecified atom stereocenters. The molecular weight excluding hydrogens is 316 g/mol. The number of benzene rings is 1. The van der Waals surface area contributed by atoms with Gasteiger partial charge in [0.2, 0.25) is 0 Å². The van der Waals surface area contributed by atoms with Crippen molar-refractivity contribution in [3.63, 3.8) is 0 Å². The van der Waals surface area contributed by atoms with Gasteiger partial charge in [-0.15, -0.1) is 0 Å². The predicted molar refractivity (Wildman–Crippen MR) is 102 cm³/mol. The summed E-state index contributed by atoms with van der Waals surface area (Å²) in [6.07, 6.45) is 9.34. The monoisotopic (exact) mass is 342 g/mol. The molecule has 1 aliphatic carbocycles. The molecule has 0 aliphatic heterocycles. The number of allylic oxidation sites excluding steroid dienone is 3. The lowest BCUT2D eigenvalue weighted by atomic mass is 10.0. The number of phenols is 1. The average Bonchev–Trinajstić information content (AvgIpc) is 2.87. The number of hydrogen-bond donors (Lipinski definition) is 2. The van der Waals surface area contributed by atoms with E-state index >= 15 is 0 Å². The van der Waals surface area contributed by atoms with Gasteiger partial charge in [-0.2, -0.15) is 5.10 Å². The molecule has 0 aromatic heterocycles. The number of likely N-dealkylation sites (N-methyl/N-ethyl adjacent to an activating group) is 1. The fourth-order valence-corrected chi connectivity index (χ4v) is 2.17. The van der Waals surface area contributed by atoms with E-state index in [1.54, 1.807) is 54.7 Å². The molecule has 5 nitrogen and oxygen atoms in total. The molecule has 0 radical (unpaired) electrons. The van der Waals surface area contributed by atoms with E-state index in [4.69, 9.17) is 5.11 Å². The van der Waals surface area contributed by atoms with Gasteiger partial charge < -0.3 is 10.2 Å². The first-order valence-corrected chi connectivity index (χ1v) is 8.36. The van der Waals surface area contributed by atoms with Crippen LogP contribution in [0.1, 0.15) is 38.7 Å². The van der Waals surface area contributed by atoms with Crippen LogP contribution in [0.2, 0.25) is 0 Å². The number of rotatable bonds is 5. The highest BCUT2D eigenvalue weighted by Gasteiger charge is 2.10. The third-order valence-electron chi connectivity index (χ3n) is 3.54. The lowest BCUT2D eigenvalue weighted by Crippen LogP contribution is -2.11. The van der Waals surface area contributed by atoms with Crippen LogP contribution in [0.25, 0.3) is 0 Å². The Kier molecular flexibility index (Phi) is 8.19. The van der Waals surface area contributed by atoms with Gasteiger partial charge >= 0.3 is 5.97 Å². The van der Waals surface area contributed by atoms with Crippen molar-refractivity contribution in [3.05, 3.63) is 65.4 Å². The molecular formula is C20H26N2O3. The second-order valence-electron chi connectivity index (χ2n) is 5.34. The summed E-state index contributed by atoms with van der Waals surface area (Å²) in [5.74, 6) is -0.709. The number of hydrazone groups is 1. The second-order valence-corrected chi connectivity index (χ2v) is 5.34. The normalized spacial score (nSPS) is 14.7. The highest BCUT2D eigenvalue weighted by Crippen LogP contribution is 2.19. The van der Waals surface area contributed by atoms with E-state index in [1.807, 2.05) is 32.9 Å². The van der Waals surface area contributed by atoms with Gasteiger partial charge in [0.15, 0.2) is 0 Å². The summed E-state index contributed by atoms with van der Waals surface area (Å²) >= 11 is 0. The first kappa shape index (κ1) is 20.2. The molecule has 1 aromatic carbocycles. The Morgan fingerprint density at radius 1 is 1.36 bits per heavy atom.